The van der Waals surface area contributed by atoms with Gasteiger partial charge in [0, 0.05) is 31.8 Å². The van der Waals surface area contributed by atoms with E-state index in [1.54, 1.807) is 0 Å². The summed E-state index contributed by atoms with van der Waals surface area (Å²) < 4.78 is 17.0. The summed E-state index contributed by atoms with van der Waals surface area (Å²) in [6.07, 6.45) is 10.8. The Morgan fingerprint density at radius 2 is 1.79 bits per heavy atom. The molecule has 1 aliphatic rings. The van der Waals surface area contributed by atoms with E-state index < -0.39 is 0 Å². The predicted molar refractivity (Wildman–Crippen MR) is 138 cm³/mol. The number of unbranched alkanes of at least 4 members (excludes halogenated alkanes) is 2. The zero-order valence-corrected chi connectivity index (χ0v) is 21.8. The number of nitrogens with zero attached hydrogens (tertiary/aromatic N) is 1. The van der Waals surface area contributed by atoms with E-state index in [-0.39, 0.29) is 18.4 Å². The fourth-order valence-electron chi connectivity index (χ4n) is 4.72. The van der Waals surface area contributed by atoms with Crippen molar-refractivity contribution in [2.24, 2.45) is 0 Å². The summed E-state index contributed by atoms with van der Waals surface area (Å²) in [5.41, 5.74) is 1.03. The van der Waals surface area contributed by atoms with Gasteiger partial charge in [-0.05, 0) is 70.9 Å². The molecule has 34 heavy (non-hydrogen) atoms. The highest BCUT2D eigenvalue weighted by atomic mass is 16.7. The Labute approximate surface area is 207 Å². The number of nitrogens with one attached hydrogen (secondary N) is 1. The Balaban J connectivity index is 1.87. The first-order valence-corrected chi connectivity index (χ1v) is 13.6. The molecule has 0 aliphatic carbocycles. The summed E-state index contributed by atoms with van der Waals surface area (Å²) in [4.78, 5) is 14.9. The van der Waals surface area contributed by atoms with Crippen LogP contribution in [-0.4, -0.2) is 55.7 Å². The van der Waals surface area contributed by atoms with Crippen molar-refractivity contribution in [2.75, 3.05) is 26.3 Å². The van der Waals surface area contributed by atoms with Crippen molar-refractivity contribution in [3.63, 3.8) is 0 Å². The molecule has 0 spiro atoms. The number of piperidine rings is 1. The maximum Gasteiger partial charge on any atom is 0.410 e. The van der Waals surface area contributed by atoms with Gasteiger partial charge < -0.3 is 24.4 Å². The summed E-state index contributed by atoms with van der Waals surface area (Å²) in [5, 5.41) is 3.79. The molecule has 0 radical (unpaired) electrons. The highest BCUT2D eigenvalue weighted by molar-refractivity contribution is 5.68. The summed E-state index contributed by atoms with van der Waals surface area (Å²) in [6, 6.07) is 10.6. The fourth-order valence-corrected chi connectivity index (χ4v) is 4.72. The zero-order chi connectivity index (χ0) is 24.4. The van der Waals surface area contributed by atoms with Crippen molar-refractivity contribution in [2.45, 2.75) is 110 Å². The molecule has 1 aromatic rings. The average Bonchev–Trinajstić information content (AvgIpc) is 2.86. The van der Waals surface area contributed by atoms with E-state index in [0.29, 0.717) is 25.9 Å². The number of likely N-dealkylation sites (tertiary alicyclic amines) is 1. The largest absolute Gasteiger partial charge is 0.445 e. The predicted octanol–water partition coefficient (Wildman–Crippen LogP) is 6.29. The van der Waals surface area contributed by atoms with E-state index in [0.717, 1.165) is 57.2 Å². The highest BCUT2D eigenvalue weighted by Gasteiger charge is 2.29. The molecule has 1 aliphatic heterocycles. The van der Waals surface area contributed by atoms with Crippen LogP contribution in [0.25, 0.3) is 0 Å². The minimum atomic E-state index is -0.169. The first-order chi connectivity index (χ1) is 16.7. The molecule has 1 fully saturated rings. The van der Waals surface area contributed by atoms with Gasteiger partial charge in [-0.3, -0.25) is 0 Å². The number of amides is 1. The third-order valence-corrected chi connectivity index (χ3v) is 6.53. The maximum absolute atomic E-state index is 12.9. The SMILES string of the molecule is CCCCC[C@@H](C[C@H]1CCCCN1C(=O)OCc1ccccc1)NCCCC(OCC)OCC. The van der Waals surface area contributed by atoms with E-state index in [9.17, 15) is 4.79 Å². The van der Waals surface area contributed by atoms with Crippen molar-refractivity contribution >= 4 is 6.09 Å². The molecule has 0 bridgehead atoms. The van der Waals surface area contributed by atoms with Gasteiger partial charge in [0.2, 0.25) is 0 Å². The second-order valence-corrected chi connectivity index (χ2v) is 9.25. The number of carbonyl (C=O) groups is 1. The van der Waals surface area contributed by atoms with Gasteiger partial charge in [-0.25, -0.2) is 4.79 Å². The molecule has 1 amide bonds. The quantitative estimate of drug-likeness (QED) is 0.212. The average molecular weight is 477 g/mol. The molecular weight excluding hydrogens is 428 g/mol. The molecule has 1 heterocycles. The minimum absolute atomic E-state index is 0.108. The van der Waals surface area contributed by atoms with Crippen LogP contribution in [0, 0.1) is 0 Å². The van der Waals surface area contributed by atoms with Gasteiger partial charge in [0.1, 0.15) is 6.61 Å². The lowest BCUT2D eigenvalue weighted by molar-refractivity contribution is -0.139. The standard InChI is InChI=1S/C28H48N2O4/c1-4-7-9-17-25(29-20-14-19-27(32-5-2)33-6-3)22-26-18-12-13-21-30(26)28(31)34-23-24-15-10-8-11-16-24/h8,10-11,15-16,25-27,29H,4-7,9,12-14,17-23H2,1-3H3/t25-,26+/m0/s1. The lowest BCUT2D eigenvalue weighted by Crippen LogP contribution is -2.47. The molecular formula is C28H48N2O4. The van der Waals surface area contributed by atoms with Crippen molar-refractivity contribution in [3.05, 3.63) is 35.9 Å². The molecule has 2 rings (SSSR count). The first-order valence-electron chi connectivity index (χ1n) is 13.6. The second-order valence-electron chi connectivity index (χ2n) is 9.25. The third-order valence-electron chi connectivity index (χ3n) is 6.53. The molecule has 1 aromatic carbocycles. The third kappa shape index (κ3) is 11.2. The van der Waals surface area contributed by atoms with Gasteiger partial charge in [0.15, 0.2) is 6.29 Å². The lowest BCUT2D eigenvalue weighted by Gasteiger charge is -2.37. The van der Waals surface area contributed by atoms with E-state index in [1.165, 1.54) is 25.7 Å². The number of ether oxygens (including phenoxy) is 3. The van der Waals surface area contributed by atoms with E-state index in [4.69, 9.17) is 14.2 Å². The van der Waals surface area contributed by atoms with Crippen LogP contribution in [-0.2, 0) is 20.8 Å². The van der Waals surface area contributed by atoms with Gasteiger partial charge in [-0.1, -0.05) is 56.5 Å². The van der Waals surface area contributed by atoms with E-state index >= 15 is 0 Å². The van der Waals surface area contributed by atoms with Crippen LogP contribution in [0.2, 0.25) is 0 Å². The molecule has 0 aromatic heterocycles. The number of hydrogen-bond donors (Lipinski definition) is 1. The Morgan fingerprint density at radius 1 is 1.03 bits per heavy atom. The Kier molecular flexibility index (Phi) is 14.9. The number of hydrogen-bond acceptors (Lipinski definition) is 5. The fraction of sp³-hybridized carbons (Fsp3) is 0.750. The van der Waals surface area contributed by atoms with Crippen LogP contribution >= 0.6 is 0 Å². The van der Waals surface area contributed by atoms with Gasteiger partial charge in [-0.2, -0.15) is 0 Å². The number of carbonyl (C=O) groups excluding carboxylic acids is 1. The van der Waals surface area contributed by atoms with Crippen LogP contribution < -0.4 is 5.32 Å². The molecule has 1 N–H and O–H groups in total. The van der Waals surface area contributed by atoms with E-state index in [2.05, 4.69) is 12.2 Å². The Morgan fingerprint density at radius 3 is 2.50 bits per heavy atom. The van der Waals surface area contributed by atoms with Gasteiger partial charge in [0.05, 0.1) is 0 Å². The molecule has 194 valence electrons. The first kappa shape index (κ1) is 28.6. The smallest absolute Gasteiger partial charge is 0.410 e. The molecule has 2 atom stereocenters. The Hall–Kier alpha value is -1.63. The summed E-state index contributed by atoms with van der Waals surface area (Å²) in [5.74, 6) is 0. The monoisotopic (exact) mass is 476 g/mol. The van der Waals surface area contributed by atoms with Gasteiger partial charge >= 0.3 is 6.09 Å². The van der Waals surface area contributed by atoms with Crippen molar-refractivity contribution in [1.82, 2.24) is 10.2 Å². The zero-order valence-electron chi connectivity index (χ0n) is 21.8. The highest BCUT2D eigenvalue weighted by Crippen LogP contribution is 2.24. The van der Waals surface area contributed by atoms with Crippen molar-refractivity contribution in [1.29, 1.82) is 0 Å². The molecule has 0 unspecified atom stereocenters. The van der Waals surface area contributed by atoms with Crippen molar-refractivity contribution in [3.8, 4) is 0 Å². The molecule has 1 saturated heterocycles. The molecule has 6 nitrogen and oxygen atoms in total. The van der Waals surface area contributed by atoms with Crippen LogP contribution in [0.3, 0.4) is 0 Å². The van der Waals surface area contributed by atoms with Gasteiger partial charge in [0.25, 0.3) is 0 Å². The summed E-state index contributed by atoms with van der Waals surface area (Å²) >= 11 is 0. The van der Waals surface area contributed by atoms with Crippen LogP contribution in [0.15, 0.2) is 30.3 Å². The number of benzene rings is 1. The second kappa shape index (κ2) is 17.8. The van der Waals surface area contributed by atoms with Crippen molar-refractivity contribution < 1.29 is 19.0 Å². The van der Waals surface area contributed by atoms with Crippen LogP contribution in [0.4, 0.5) is 4.79 Å². The summed E-state index contributed by atoms with van der Waals surface area (Å²) in [6.45, 7) is 9.69. The van der Waals surface area contributed by atoms with Crippen LogP contribution in [0.5, 0.6) is 0 Å². The summed E-state index contributed by atoms with van der Waals surface area (Å²) in [7, 11) is 0. The van der Waals surface area contributed by atoms with E-state index in [1.807, 2.05) is 49.1 Å². The molecule has 0 saturated carbocycles. The maximum atomic E-state index is 12.9. The normalized spacial score (nSPS) is 17.2. The number of rotatable bonds is 17. The minimum Gasteiger partial charge on any atom is -0.445 e. The lowest BCUT2D eigenvalue weighted by atomic mass is 9.93. The topological polar surface area (TPSA) is 60.0 Å². The molecule has 6 heteroatoms. The van der Waals surface area contributed by atoms with Gasteiger partial charge in [-0.15, -0.1) is 0 Å². The van der Waals surface area contributed by atoms with Crippen LogP contribution in [0.1, 0.15) is 90.5 Å². The Bertz CT molecular complexity index is 637.